The van der Waals surface area contributed by atoms with Gasteiger partial charge in [-0.2, -0.15) is 0 Å². The van der Waals surface area contributed by atoms with Crippen LogP contribution in [0.25, 0.3) is 0 Å². The first-order valence-corrected chi connectivity index (χ1v) is 7.56. The SMILES string of the molecule is COc1c(C=O)ccc2c1C(=O)OCc1cc(C)ccc1S2. The number of aryl methyl sites for hydroxylation is 1. The van der Waals surface area contributed by atoms with E-state index < -0.39 is 5.97 Å². The van der Waals surface area contributed by atoms with Crippen LogP contribution in [0.3, 0.4) is 0 Å². The number of hydrogen-bond donors (Lipinski definition) is 0. The number of benzene rings is 2. The Morgan fingerprint density at radius 3 is 2.73 bits per heavy atom. The van der Waals surface area contributed by atoms with Crippen molar-refractivity contribution in [3.05, 3.63) is 52.6 Å². The lowest BCUT2D eigenvalue weighted by Gasteiger charge is -2.19. The first-order chi connectivity index (χ1) is 10.6. The van der Waals surface area contributed by atoms with Gasteiger partial charge in [0.25, 0.3) is 0 Å². The molecule has 0 saturated carbocycles. The Bertz CT molecular complexity index is 767. The Labute approximate surface area is 132 Å². The molecular weight excluding hydrogens is 300 g/mol. The number of carbonyl (C=O) groups excluding carboxylic acids is 2. The molecule has 2 aromatic rings. The van der Waals surface area contributed by atoms with E-state index >= 15 is 0 Å². The van der Waals surface area contributed by atoms with Gasteiger partial charge < -0.3 is 9.47 Å². The van der Waals surface area contributed by atoms with E-state index in [1.807, 2.05) is 25.1 Å². The van der Waals surface area contributed by atoms with Crippen LogP contribution in [0.4, 0.5) is 0 Å². The van der Waals surface area contributed by atoms with Gasteiger partial charge in [0.2, 0.25) is 0 Å². The smallest absolute Gasteiger partial charge is 0.343 e. The fraction of sp³-hybridized carbons (Fsp3) is 0.176. The third-order valence-corrected chi connectivity index (χ3v) is 4.66. The van der Waals surface area contributed by atoms with E-state index in [4.69, 9.17) is 9.47 Å². The van der Waals surface area contributed by atoms with E-state index in [1.54, 1.807) is 12.1 Å². The molecule has 5 heteroatoms. The average molecular weight is 314 g/mol. The summed E-state index contributed by atoms with van der Waals surface area (Å²) in [5.41, 5.74) is 2.74. The Kier molecular flexibility index (Phi) is 3.90. The van der Waals surface area contributed by atoms with Gasteiger partial charge in [-0.05, 0) is 25.1 Å². The van der Waals surface area contributed by atoms with Crippen molar-refractivity contribution >= 4 is 24.0 Å². The minimum Gasteiger partial charge on any atom is -0.495 e. The number of fused-ring (bicyclic) bond motifs is 2. The van der Waals surface area contributed by atoms with Crippen LogP contribution in [0.2, 0.25) is 0 Å². The molecule has 0 aromatic heterocycles. The minimum absolute atomic E-state index is 0.205. The normalized spacial score (nSPS) is 13.3. The first kappa shape index (κ1) is 14.7. The molecule has 0 radical (unpaired) electrons. The molecule has 0 aliphatic carbocycles. The molecule has 1 aliphatic heterocycles. The topological polar surface area (TPSA) is 52.6 Å². The molecule has 1 aliphatic rings. The third-order valence-electron chi connectivity index (χ3n) is 3.48. The van der Waals surface area contributed by atoms with E-state index in [0.29, 0.717) is 17.4 Å². The van der Waals surface area contributed by atoms with Crippen molar-refractivity contribution < 1.29 is 19.1 Å². The quantitative estimate of drug-likeness (QED) is 0.626. The summed E-state index contributed by atoms with van der Waals surface area (Å²) in [5, 5.41) is 0. The maximum Gasteiger partial charge on any atom is 0.343 e. The van der Waals surface area contributed by atoms with Crippen molar-refractivity contribution in [3.8, 4) is 5.75 Å². The van der Waals surface area contributed by atoms with Crippen LogP contribution >= 0.6 is 11.8 Å². The number of cyclic esters (lactones) is 1. The number of methoxy groups -OCH3 is 1. The van der Waals surface area contributed by atoms with Crippen molar-refractivity contribution in [1.82, 2.24) is 0 Å². The van der Waals surface area contributed by atoms with E-state index in [0.717, 1.165) is 20.9 Å². The van der Waals surface area contributed by atoms with Crippen LogP contribution in [-0.4, -0.2) is 19.4 Å². The fourth-order valence-corrected chi connectivity index (χ4v) is 3.46. The third kappa shape index (κ3) is 2.48. The van der Waals surface area contributed by atoms with Crippen LogP contribution in [0.5, 0.6) is 5.75 Å². The highest BCUT2D eigenvalue weighted by atomic mass is 32.2. The number of hydrogen-bond acceptors (Lipinski definition) is 5. The number of esters is 1. The molecule has 3 rings (SSSR count). The lowest BCUT2D eigenvalue weighted by Crippen LogP contribution is -2.12. The summed E-state index contributed by atoms with van der Waals surface area (Å²) in [6.45, 7) is 2.20. The van der Waals surface area contributed by atoms with Crippen molar-refractivity contribution in [2.24, 2.45) is 0 Å². The van der Waals surface area contributed by atoms with Crippen LogP contribution in [0.1, 0.15) is 31.8 Å². The van der Waals surface area contributed by atoms with Gasteiger partial charge in [-0.25, -0.2) is 4.79 Å². The fourth-order valence-electron chi connectivity index (χ4n) is 2.43. The Hall–Kier alpha value is -2.27. The molecule has 4 nitrogen and oxygen atoms in total. The Morgan fingerprint density at radius 1 is 1.23 bits per heavy atom. The molecule has 0 N–H and O–H groups in total. The van der Waals surface area contributed by atoms with Gasteiger partial charge in [0.15, 0.2) is 6.29 Å². The summed E-state index contributed by atoms with van der Waals surface area (Å²) in [7, 11) is 1.44. The molecule has 112 valence electrons. The number of ether oxygens (including phenoxy) is 2. The summed E-state index contributed by atoms with van der Waals surface area (Å²) in [4.78, 5) is 25.2. The largest absolute Gasteiger partial charge is 0.495 e. The number of aldehydes is 1. The maximum absolute atomic E-state index is 12.4. The van der Waals surface area contributed by atoms with Crippen molar-refractivity contribution in [2.75, 3.05) is 7.11 Å². The van der Waals surface area contributed by atoms with Gasteiger partial charge in [-0.15, -0.1) is 0 Å². The monoisotopic (exact) mass is 314 g/mol. The molecule has 0 bridgehead atoms. The van der Waals surface area contributed by atoms with Gasteiger partial charge >= 0.3 is 5.97 Å². The number of rotatable bonds is 2. The van der Waals surface area contributed by atoms with Gasteiger partial charge in [0.1, 0.15) is 17.9 Å². The average Bonchev–Trinajstić information content (AvgIpc) is 2.52. The zero-order chi connectivity index (χ0) is 15.7. The minimum atomic E-state index is -0.477. The summed E-state index contributed by atoms with van der Waals surface area (Å²) < 4.78 is 10.6. The Balaban J connectivity index is 2.18. The zero-order valence-corrected chi connectivity index (χ0v) is 13.0. The molecule has 0 unspecified atom stereocenters. The molecule has 0 atom stereocenters. The molecule has 0 saturated heterocycles. The summed E-state index contributed by atoms with van der Waals surface area (Å²) in [6, 6.07) is 9.45. The van der Waals surface area contributed by atoms with Crippen LogP contribution in [-0.2, 0) is 11.3 Å². The second-order valence-electron chi connectivity index (χ2n) is 4.97. The van der Waals surface area contributed by atoms with E-state index in [2.05, 4.69) is 0 Å². The molecular formula is C17H14O4S. The van der Waals surface area contributed by atoms with Crippen LogP contribution in [0, 0.1) is 6.92 Å². The predicted octanol–water partition coefficient (Wildman–Crippen LogP) is 3.64. The Morgan fingerprint density at radius 2 is 2.00 bits per heavy atom. The van der Waals surface area contributed by atoms with E-state index in [1.165, 1.54) is 18.9 Å². The lowest BCUT2D eigenvalue weighted by molar-refractivity contribution is 0.0460. The van der Waals surface area contributed by atoms with Crippen molar-refractivity contribution in [1.29, 1.82) is 0 Å². The molecule has 0 fully saturated rings. The summed E-state index contributed by atoms with van der Waals surface area (Å²) in [6.07, 6.45) is 0.674. The second-order valence-corrected chi connectivity index (χ2v) is 6.05. The molecule has 1 heterocycles. The molecule has 22 heavy (non-hydrogen) atoms. The zero-order valence-electron chi connectivity index (χ0n) is 12.2. The van der Waals surface area contributed by atoms with E-state index in [9.17, 15) is 9.59 Å². The molecule has 0 amide bonds. The maximum atomic E-state index is 12.4. The van der Waals surface area contributed by atoms with Gasteiger partial charge in [0.05, 0.1) is 12.7 Å². The van der Waals surface area contributed by atoms with Gasteiger partial charge in [0, 0.05) is 15.4 Å². The second kappa shape index (κ2) is 5.85. The highest BCUT2D eigenvalue weighted by Crippen LogP contribution is 2.40. The highest BCUT2D eigenvalue weighted by Gasteiger charge is 2.25. The van der Waals surface area contributed by atoms with E-state index in [-0.39, 0.29) is 12.4 Å². The summed E-state index contributed by atoms with van der Waals surface area (Å²) >= 11 is 1.48. The highest BCUT2D eigenvalue weighted by molar-refractivity contribution is 7.99. The molecule has 0 spiro atoms. The standard InChI is InChI=1S/C17H14O4S/c1-10-3-5-13-12(7-10)9-21-17(19)15-14(22-13)6-4-11(8-18)16(15)20-2/h3-8H,9H2,1-2H3. The van der Waals surface area contributed by atoms with Crippen molar-refractivity contribution in [3.63, 3.8) is 0 Å². The van der Waals surface area contributed by atoms with Gasteiger partial charge in [-0.1, -0.05) is 29.5 Å². The van der Waals surface area contributed by atoms with Crippen LogP contribution in [0.15, 0.2) is 40.1 Å². The van der Waals surface area contributed by atoms with Gasteiger partial charge in [-0.3, -0.25) is 4.79 Å². The summed E-state index contributed by atoms with van der Waals surface area (Å²) in [5.74, 6) is -0.212. The predicted molar refractivity (Wildman–Crippen MR) is 82.8 cm³/mol. The van der Waals surface area contributed by atoms with Crippen molar-refractivity contribution in [2.45, 2.75) is 23.3 Å². The van der Waals surface area contributed by atoms with Crippen LogP contribution < -0.4 is 4.74 Å². The number of carbonyl (C=O) groups is 2. The first-order valence-electron chi connectivity index (χ1n) is 6.74. The lowest BCUT2D eigenvalue weighted by atomic mass is 10.1. The molecule has 2 aromatic carbocycles.